The second-order valence-corrected chi connectivity index (χ2v) is 8.87. The molecule has 0 saturated heterocycles. The van der Waals surface area contributed by atoms with Crippen LogP contribution in [0.1, 0.15) is 46.5 Å². The molecule has 9 heteroatoms. The molecule has 0 atom stereocenters. The maximum absolute atomic E-state index is 13.2. The number of para-hydroxylation sites is 1. The van der Waals surface area contributed by atoms with Crippen molar-refractivity contribution in [1.29, 1.82) is 0 Å². The van der Waals surface area contributed by atoms with Gasteiger partial charge in [0.2, 0.25) is 0 Å². The molecule has 0 spiro atoms. The summed E-state index contributed by atoms with van der Waals surface area (Å²) in [5.74, 6) is -2.30. The van der Waals surface area contributed by atoms with Gasteiger partial charge in [0, 0.05) is 16.9 Å². The largest absolute Gasteiger partial charge is 0.462 e. The van der Waals surface area contributed by atoms with E-state index in [0.717, 1.165) is 22.6 Å². The van der Waals surface area contributed by atoms with Crippen LogP contribution in [-0.2, 0) is 20.7 Å². The lowest BCUT2D eigenvalue weighted by atomic mass is 10.1. The lowest BCUT2D eigenvalue weighted by Crippen LogP contribution is -2.32. The number of halogens is 1. The molecule has 0 saturated carbocycles. The number of hydrogen-bond acceptors (Lipinski definition) is 6. The molecule has 194 valence electrons. The molecule has 3 aromatic rings. The Morgan fingerprint density at radius 3 is 2.39 bits per heavy atom. The first-order valence-electron chi connectivity index (χ1n) is 12.2. The van der Waals surface area contributed by atoms with Gasteiger partial charge in [0.1, 0.15) is 10.7 Å². The second kappa shape index (κ2) is 11.7. The summed E-state index contributed by atoms with van der Waals surface area (Å²) < 4.78 is 5.14. The number of hydrogen-bond donors (Lipinski definition) is 2. The first-order chi connectivity index (χ1) is 18.3. The van der Waals surface area contributed by atoms with E-state index in [1.54, 1.807) is 30.3 Å². The van der Waals surface area contributed by atoms with E-state index in [0.29, 0.717) is 17.7 Å². The summed E-state index contributed by atoms with van der Waals surface area (Å²) in [5, 5.41) is 5.48. The molecule has 8 nitrogen and oxygen atoms in total. The molecule has 1 aliphatic heterocycles. The number of amides is 3. The predicted molar refractivity (Wildman–Crippen MR) is 146 cm³/mol. The normalized spacial score (nSPS) is 13.1. The second-order valence-electron chi connectivity index (χ2n) is 8.49. The summed E-state index contributed by atoms with van der Waals surface area (Å²) in [5.41, 5.74) is 2.73. The van der Waals surface area contributed by atoms with Crippen molar-refractivity contribution in [2.75, 3.05) is 22.1 Å². The third-order valence-corrected chi connectivity index (χ3v) is 6.20. The molecule has 0 radical (unpaired) electrons. The quantitative estimate of drug-likeness (QED) is 0.279. The first kappa shape index (κ1) is 26.6. The van der Waals surface area contributed by atoms with Crippen molar-refractivity contribution in [3.63, 3.8) is 0 Å². The summed E-state index contributed by atoms with van der Waals surface area (Å²) in [6.45, 7) is 4.14. The summed E-state index contributed by atoms with van der Waals surface area (Å²) in [7, 11) is 0. The maximum atomic E-state index is 13.2. The first-order valence-corrected chi connectivity index (χ1v) is 12.5. The van der Waals surface area contributed by atoms with Crippen molar-refractivity contribution < 1.29 is 23.9 Å². The highest BCUT2D eigenvalue weighted by Crippen LogP contribution is 2.31. The van der Waals surface area contributed by atoms with E-state index in [2.05, 4.69) is 10.6 Å². The van der Waals surface area contributed by atoms with Crippen LogP contribution < -0.4 is 15.5 Å². The van der Waals surface area contributed by atoms with E-state index in [4.69, 9.17) is 16.3 Å². The molecule has 1 heterocycles. The minimum Gasteiger partial charge on any atom is -0.462 e. The van der Waals surface area contributed by atoms with E-state index >= 15 is 0 Å². The smallest absolute Gasteiger partial charge is 0.338 e. The van der Waals surface area contributed by atoms with Crippen molar-refractivity contribution in [3.05, 3.63) is 100 Å². The number of benzene rings is 3. The number of esters is 1. The third-order valence-electron chi connectivity index (χ3n) is 5.85. The van der Waals surface area contributed by atoms with Crippen LogP contribution in [0.5, 0.6) is 0 Å². The van der Waals surface area contributed by atoms with E-state index in [1.165, 1.54) is 18.2 Å². The van der Waals surface area contributed by atoms with E-state index in [9.17, 15) is 19.2 Å². The molecule has 4 rings (SSSR count). The van der Waals surface area contributed by atoms with Crippen molar-refractivity contribution >= 4 is 52.4 Å². The van der Waals surface area contributed by atoms with Crippen LogP contribution in [0.4, 0.5) is 17.1 Å². The lowest BCUT2D eigenvalue weighted by molar-refractivity contribution is -0.120. The van der Waals surface area contributed by atoms with Gasteiger partial charge in [-0.05, 0) is 60.9 Å². The highest BCUT2D eigenvalue weighted by Gasteiger charge is 2.39. The zero-order chi connectivity index (χ0) is 27.2. The van der Waals surface area contributed by atoms with Crippen molar-refractivity contribution in [1.82, 2.24) is 0 Å². The van der Waals surface area contributed by atoms with Gasteiger partial charge >= 0.3 is 5.97 Å². The number of nitrogens with one attached hydrogen (secondary N) is 2. The Hall–Kier alpha value is -4.43. The minimum atomic E-state index is -0.733. The van der Waals surface area contributed by atoms with E-state index < -0.39 is 17.8 Å². The maximum Gasteiger partial charge on any atom is 0.338 e. The van der Waals surface area contributed by atoms with Gasteiger partial charge in [0.15, 0.2) is 0 Å². The predicted octanol–water partition coefficient (Wildman–Crippen LogP) is 5.50. The molecule has 0 bridgehead atoms. The fourth-order valence-electron chi connectivity index (χ4n) is 3.92. The van der Waals surface area contributed by atoms with Crippen LogP contribution in [0, 0.1) is 0 Å². The molecule has 0 fully saturated rings. The SMILES string of the molecule is CCCOC(=O)c1cccc(N2C(=O)C(Cl)=C(Nc3cccc(C(=O)Nc4ccccc4CC)c3)C2=O)c1. The number of rotatable bonds is 9. The van der Waals surface area contributed by atoms with E-state index in [1.807, 2.05) is 38.1 Å². The molecular weight excluding hydrogens is 506 g/mol. The van der Waals surface area contributed by atoms with Crippen LogP contribution in [0.25, 0.3) is 0 Å². The monoisotopic (exact) mass is 531 g/mol. The van der Waals surface area contributed by atoms with Crippen LogP contribution in [0.3, 0.4) is 0 Å². The molecule has 0 aromatic heterocycles. The Morgan fingerprint density at radius 1 is 0.895 bits per heavy atom. The molecule has 0 unspecified atom stereocenters. The number of aryl methyl sites for hydroxylation is 1. The number of nitrogens with zero attached hydrogens (tertiary/aromatic N) is 1. The van der Waals surface area contributed by atoms with Crippen molar-refractivity contribution in [2.45, 2.75) is 26.7 Å². The summed E-state index contributed by atoms with van der Waals surface area (Å²) in [6.07, 6.45) is 1.43. The Bertz CT molecular complexity index is 1450. The fourth-order valence-corrected chi connectivity index (χ4v) is 4.14. The average Bonchev–Trinajstić information content (AvgIpc) is 3.15. The fraction of sp³-hybridized carbons (Fsp3) is 0.172. The summed E-state index contributed by atoms with van der Waals surface area (Å²) >= 11 is 6.27. The Kier molecular flexibility index (Phi) is 8.23. The standard InChI is InChI=1S/C29H26ClN3O5/c1-3-15-38-29(37)20-11-8-13-22(17-20)33-27(35)24(30)25(28(33)36)31-21-12-7-10-19(16-21)26(34)32-23-14-6-5-9-18(23)4-2/h5-14,16-17,31H,3-4,15H2,1-2H3,(H,32,34). The molecule has 3 aromatic carbocycles. The van der Waals surface area contributed by atoms with Crippen LogP contribution in [0.15, 0.2) is 83.5 Å². The highest BCUT2D eigenvalue weighted by molar-refractivity contribution is 6.53. The third kappa shape index (κ3) is 5.60. The van der Waals surface area contributed by atoms with Gasteiger partial charge in [-0.2, -0.15) is 0 Å². The van der Waals surface area contributed by atoms with Crippen LogP contribution in [-0.4, -0.2) is 30.3 Å². The Labute approximate surface area is 225 Å². The highest BCUT2D eigenvalue weighted by atomic mass is 35.5. The van der Waals surface area contributed by atoms with Crippen LogP contribution >= 0.6 is 11.6 Å². The molecule has 0 aliphatic carbocycles. The summed E-state index contributed by atoms with van der Waals surface area (Å²) in [4.78, 5) is 52.2. The Balaban J connectivity index is 1.52. The molecule has 3 amide bonds. The van der Waals surface area contributed by atoms with Gasteiger partial charge in [-0.15, -0.1) is 0 Å². The molecule has 38 heavy (non-hydrogen) atoms. The van der Waals surface area contributed by atoms with Crippen molar-refractivity contribution in [2.24, 2.45) is 0 Å². The minimum absolute atomic E-state index is 0.135. The topological polar surface area (TPSA) is 105 Å². The van der Waals surface area contributed by atoms with Gasteiger partial charge in [0.25, 0.3) is 17.7 Å². The number of imide groups is 1. The van der Waals surface area contributed by atoms with Crippen LogP contribution in [0.2, 0.25) is 0 Å². The lowest BCUT2D eigenvalue weighted by Gasteiger charge is -2.16. The number of carbonyl (C=O) groups is 4. The zero-order valence-corrected chi connectivity index (χ0v) is 21.7. The van der Waals surface area contributed by atoms with Crippen molar-refractivity contribution in [3.8, 4) is 0 Å². The number of carbonyl (C=O) groups excluding carboxylic acids is 4. The number of ether oxygens (including phenoxy) is 1. The van der Waals surface area contributed by atoms with Gasteiger partial charge in [-0.1, -0.05) is 55.8 Å². The van der Waals surface area contributed by atoms with Gasteiger partial charge in [-0.25, -0.2) is 9.69 Å². The molecular formula is C29H26ClN3O5. The molecule has 1 aliphatic rings. The molecule has 2 N–H and O–H groups in total. The average molecular weight is 532 g/mol. The number of anilines is 3. The summed E-state index contributed by atoms with van der Waals surface area (Å²) in [6, 6.07) is 20.1. The Morgan fingerprint density at radius 2 is 1.63 bits per heavy atom. The van der Waals surface area contributed by atoms with Gasteiger partial charge < -0.3 is 15.4 Å². The van der Waals surface area contributed by atoms with Gasteiger partial charge in [0.05, 0.1) is 17.9 Å². The van der Waals surface area contributed by atoms with Gasteiger partial charge in [-0.3, -0.25) is 14.4 Å². The van der Waals surface area contributed by atoms with E-state index in [-0.39, 0.29) is 34.5 Å². The zero-order valence-electron chi connectivity index (χ0n) is 20.9.